The molecule has 1 N–H and O–H groups in total. The van der Waals surface area contributed by atoms with Gasteiger partial charge < -0.3 is 14.5 Å². The van der Waals surface area contributed by atoms with Crippen LogP contribution in [-0.2, 0) is 6.54 Å². The fourth-order valence-electron chi connectivity index (χ4n) is 3.31. The molecule has 0 spiro atoms. The molecule has 2 aromatic carbocycles. The van der Waals surface area contributed by atoms with Crippen LogP contribution in [-0.4, -0.2) is 39.1 Å². The maximum atomic E-state index is 13.1. The number of hydrogen-bond donors (Lipinski definition) is 1. The Labute approximate surface area is 147 Å². The van der Waals surface area contributed by atoms with Crippen LogP contribution in [0.5, 0.6) is 5.75 Å². The molecule has 2 aromatic rings. The lowest BCUT2D eigenvalue weighted by Crippen LogP contribution is -3.13. The van der Waals surface area contributed by atoms with Gasteiger partial charge in [0.15, 0.2) is 5.78 Å². The number of halogens is 1. The summed E-state index contributed by atoms with van der Waals surface area (Å²) in [5.41, 5.74) is 2.86. The van der Waals surface area contributed by atoms with Crippen LogP contribution < -0.4 is 14.5 Å². The minimum Gasteiger partial charge on any atom is -0.496 e. The SMILES string of the molecule is COc1ccc(C(C)=O)cc1C[NH+]1CCN(c2ccc(F)cc2)CC1. The number of carbonyl (C=O) groups excluding carboxylic acids is 1. The lowest BCUT2D eigenvalue weighted by atomic mass is 10.1. The van der Waals surface area contributed by atoms with Crippen molar-refractivity contribution in [2.24, 2.45) is 0 Å². The van der Waals surface area contributed by atoms with Gasteiger partial charge in [0.25, 0.3) is 0 Å². The summed E-state index contributed by atoms with van der Waals surface area (Å²) in [6, 6.07) is 12.3. The molecule has 0 radical (unpaired) electrons. The third-order valence-corrected chi connectivity index (χ3v) is 4.79. The van der Waals surface area contributed by atoms with Crippen molar-refractivity contribution in [1.82, 2.24) is 0 Å². The Hall–Kier alpha value is -2.40. The van der Waals surface area contributed by atoms with Crippen LogP contribution in [0, 0.1) is 5.82 Å². The molecule has 0 atom stereocenters. The second-order valence-electron chi connectivity index (χ2n) is 6.47. The van der Waals surface area contributed by atoms with Gasteiger partial charge in [0.05, 0.1) is 33.3 Å². The van der Waals surface area contributed by atoms with Crippen LogP contribution in [0.3, 0.4) is 0 Å². The quantitative estimate of drug-likeness (QED) is 0.843. The normalized spacial score (nSPS) is 15.2. The van der Waals surface area contributed by atoms with E-state index >= 15 is 0 Å². The van der Waals surface area contributed by atoms with Crippen LogP contribution in [0.1, 0.15) is 22.8 Å². The van der Waals surface area contributed by atoms with Crippen LogP contribution in [0.2, 0.25) is 0 Å². The summed E-state index contributed by atoms with van der Waals surface area (Å²) in [6.07, 6.45) is 0. The maximum Gasteiger partial charge on any atom is 0.159 e. The lowest BCUT2D eigenvalue weighted by molar-refractivity contribution is -0.914. The number of rotatable bonds is 5. The Morgan fingerprint density at radius 2 is 1.84 bits per heavy atom. The summed E-state index contributed by atoms with van der Waals surface area (Å²) in [4.78, 5) is 15.4. The molecule has 132 valence electrons. The lowest BCUT2D eigenvalue weighted by Gasteiger charge is -2.34. The predicted molar refractivity (Wildman–Crippen MR) is 96.0 cm³/mol. The first-order valence-electron chi connectivity index (χ1n) is 8.59. The molecule has 0 unspecified atom stereocenters. The number of Topliss-reactive ketones (excluding diaryl/α,β-unsaturated/α-hetero) is 1. The van der Waals surface area contributed by atoms with E-state index in [0.717, 1.165) is 55.3 Å². The number of carbonyl (C=O) groups is 1. The number of methoxy groups -OCH3 is 1. The molecule has 0 bridgehead atoms. The third-order valence-electron chi connectivity index (χ3n) is 4.79. The summed E-state index contributed by atoms with van der Waals surface area (Å²) in [5.74, 6) is 0.698. The van der Waals surface area contributed by atoms with Gasteiger partial charge in [-0.25, -0.2) is 4.39 Å². The Bertz CT molecular complexity index is 738. The zero-order chi connectivity index (χ0) is 17.8. The van der Waals surface area contributed by atoms with Crippen molar-refractivity contribution in [1.29, 1.82) is 0 Å². The smallest absolute Gasteiger partial charge is 0.159 e. The molecule has 3 rings (SSSR count). The summed E-state index contributed by atoms with van der Waals surface area (Å²) in [7, 11) is 1.66. The van der Waals surface area contributed by atoms with E-state index in [4.69, 9.17) is 4.74 Å². The molecule has 0 aliphatic carbocycles. The summed E-state index contributed by atoms with van der Waals surface area (Å²) < 4.78 is 18.5. The van der Waals surface area contributed by atoms with E-state index in [1.54, 1.807) is 14.0 Å². The van der Waals surface area contributed by atoms with Gasteiger partial charge in [-0.3, -0.25) is 4.79 Å². The average Bonchev–Trinajstić information content (AvgIpc) is 2.63. The minimum atomic E-state index is -0.203. The molecule has 1 saturated heterocycles. The molecule has 1 fully saturated rings. The van der Waals surface area contributed by atoms with Gasteiger partial charge in [0.1, 0.15) is 18.1 Å². The molecule has 1 aliphatic rings. The van der Waals surface area contributed by atoms with E-state index in [1.165, 1.54) is 17.0 Å². The molecule has 25 heavy (non-hydrogen) atoms. The fourth-order valence-corrected chi connectivity index (χ4v) is 3.31. The molecular formula is C20H24FN2O2+. The molecule has 1 heterocycles. The van der Waals surface area contributed by atoms with Crippen molar-refractivity contribution < 1.29 is 18.8 Å². The highest BCUT2D eigenvalue weighted by Crippen LogP contribution is 2.20. The molecule has 0 amide bonds. The van der Waals surface area contributed by atoms with Crippen molar-refractivity contribution >= 4 is 11.5 Å². The molecule has 1 aliphatic heterocycles. The predicted octanol–water partition coefficient (Wildman–Crippen LogP) is 1.94. The number of anilines is 1. The van der Waals surface area contributed by atoms with E-state index in [1.807, 2.05) is 30.3 Å². The van der Waals surface area contributed by atoms with E-state index in [9.17, 15) is 9.18 Å². The summed E-state index contributed by atoms with van der Waals surface area (Å²) in [5, 5.41) is 0. The highest BCUT2D eigenvalue weighted by atomic mass is 19.1. The first-order chi connectivity index (χ1) is 12.1. The second kappa shape index (κ2) is 7.66. The Kier molecular flexibility index (Phi) is 5.34. The molecule has 0 aromatic heterocycles. The number of nitrogens with zero attached hydrogens (tertiary/aromatic N) is 1. The zero-order valence-electron chi connectivity index (χ0n) is 14.7. The van der Waals surface area contributed by atoms with E-state index < -0.39 is 0 Å². The van der Waals surface area contributed by atoms with Gasteiger partial charge in [-0.05, 0) is 49.4 Å². The standard InChI is InChI=1S/C20H23FN2O2/c1-15(24)16-3-8-20(25-2)17(13-16)14-22-9-11-23(12-10-22)19-6-4-18(21)5-7-19/h3-8,13H,9-12,14H2,1-2H3/p+1. The van der Waals surface area contributed by atoms with Gasteiger partial charge in [-0.1, -0.05) is 0 Å². The van der Waals surface area contributed by atoms with Crippen molar-refractivity contribution in [3.05, 3.63) is 59.4 Å². The molecule has 4 nitrogen and oxygen atoms in total. The van der Waals surface area contributed by atoms with E-state index in [-0.39, 0.29) is 11.6 Å². The van der Waals surface area contributed by atoms with Gasteiger partial charge in [-0.15, -0.1) is 0 Å². The average molecular weight is 343 g/mol. The summed E-state index contributed by atoms with van der Waals surface area (Å²) in [6.45, 7) is 6.25. The van der Waals surface area contributed by atoms with Crippen molar-refractivity contribution in [3.8, 4) is 5.75 Å². The highest BCUT2D eigenvalue weighted by molar-refractivity contribution is 5.94. The number of ether oxygens (including phenoxy) is 1. The minimum absolute atomic E-state index is 0.0695. The fraction of sp³-hybridized carbons (Fsp3) is 0.350. The van der Waals surface area contributed by atoms with Gasteiger partial charge in [-0.2, -0.15) is 0 Å². The van der Waals surface area contributed by atoms with Crippen LogP contribution in [0.4, 0.5) is 10.1 Å². The van der Waals surface area contributed by atoms with Gasteiger partial charge in [0, 0.05) is 16.8 Å². The largest absolute Gasteiger partial charge is 0.496 e. The first kappa shape index (κ1) is 17.4. The maximum absolute atomic E-state index is 13.1. The second-order valence-corrected chi connectivity index (χ2v) is 6.47. The highest BCUT2D eigenvalue weighted by Gasteiger charge is 2.22. The molecule has 0 saturated carbocycles. The van der Waals surface area contributed by atoms with Crippen molar-refractivity contribution in [3.63, 3.8) is 0 Å². The number of benzene rings is 2. The Balaban J connectivity index is 1.65. The van der Waals surface area contributed by atoms with Gasteiger partial charge >= 0.3 is 0 Å². The van der Waals surface area contributed by atoms with Crippen LogP contribution in [0.25, 0.3) is 0 Å². The number of nitrogens with one attached hydrogen (secondary N) is 1. The number of hydrogen-bond acceptors (Lipinski definition) is 3. The third kappa shape index (κ3) is 4.17. The van der Waals surface area contributed by atoms with Crippen molar-refractivity contribution in [2.75, 3.05) is 38.2 Å². The van der Waals surface area contributed by atoms with Crippen LogP contribution in [0.15, 0.2) is 42.5 Å². The van der Waals surface area contributed by atoms with E-state index in [0.29, 0.717) is 0 Å². The molecular weight excluding hydrogens is 319 g/mol. The Morgan fingerprint density at radius 1 is 1.16 bits per heavy atom. The Morgan fingerprint density at radius 3 is 2.44 bits per heavy atom. The zero-order valence-corrected chi connectivity index (χ0v) is 14.7. The van der Waals surface area contributed by atoms with E-state index in [2.05, 4.69) is 4.90 Å². The first-order valence-corrected chi connectivity index (χ1v) is 8.59. The summed E-state index contributed by atoms with van der Waals surface area (Å²) >= 11 is 0. The number of piperazine rings is 1. The van der Waals surface area contributed by atoms with Crippen LogP contribution >= 0.6 is 0 Å². The monoisotopic (exact) mass is 343 g/mol. The topological polar surface area (TPSA) is 34.0 Å². The van der Waals surface area contributed by atoms with Gasteiger partial charge in [0.2, 0.25) is 0 Å². The van der Waals surface area contributed by atoms with Crippen molar-refractivity contribution in [2.45, 2.75) is 13.5 Å². The molecule has 5 heteroatoms. The number of ketones is 1. The number of quaternary nitrogens is 1.